The van der Waals surface area contributed by atoms with Crippen molar-refractivity contribution in [3.05, 3.63) is 0 Å². The fraction of sp³-hybridized carbons (Fsp3) is 1.00. The fourth-order valence-electron chi connectivity index (χ4n) is 2.43. The molecule has 2 fully saturated rings. The summed E-state index contributed by atoms with van der Waals surface area (Å²) in [5.74, 6) is 0.457. The SMILES string of the molecule is CN1CC2CN(C(F)(F)F)CC2C1. The first-order valence-corrected chi connectivity index (χ1v) is 4.47. The fourth-order valence-corrected chi connectivity index (χ4v) is 2.43. The molecule has 0 aliphatic carbocycles. The lowest BCUT2D eigenvalue weighted by Crippen LogP contribution is -2.38. The molecule has 2 unspecified atom stereocenters. The second-order valence-electron chi connectivity index (χ2n) is 4.11. The van der Waals surface area contributed by atoms with Gasteiger partial charge in [-0.2, -0.15) is 13.2 Å². The zero-order chi connectivity index (χ0) is 9.64. The average Bonchev–Trinajstić information content (AvgIpc) is 2.40. The number of hydrogen-bond donors (Lipinski definition) is 0. The number of nitrogens with zero attached hydrogens (tertiary/aromatic N) is 2. The van der Waals surface area contributed by atoms with E-state index in [0.29, 0.717) is 4.90 Å². The van der Waals surface area contributed by atoms with Crippen molar-refractivity contribution in [2.45, 2.75) is 6.30 Å². The number of halogens is 3. The van der Waals surface area contributed by atoms with E-state index in [-0.39, 0.29) is 24.9 Å². The highest BCUT2D eigenvalue weighted by molar-refractivity contribution is 4.92. The van der Waals surface area contributed by atoms with E-state index in [2.05, 4.69) is 4.90 Å². The number of likely N-dealkylation sites (tertiary alicyclic amines) is 2. The van der Waals surface area contributed by atoms with Crippen molar-refractivity contribution >= 4 is 0 Å². The van der Waals surface area contributed by atoms with Crippen LogP contribution in [-0.4, -0.2) is 49.3 Å². The Morgan fingerprint density at radius 3 is 1.85 bits per heavy atom. The van der Waals surface area contributed by atoms with Crippen molar-refractivity contribution in [3.63, 3.8) is 0 Å². The van der Waals surface area contributed by atoms with Gasteiger partial charge in [0.2, 0.25) is 0 Å². The first-order chi connectivity index (χ1) is 5.97. The van der Waals surface area contributed by atoms with E-state index in [0.717, 1.165) is 13.1 Å². The molecule has 2 nitrogen and oxygen atoms in total. The van der Waals surface area contributed by atoms with E-state index >= 15 is 0 Å². The van der Waals surface area contributed by atoms with Gasteiger partial charge in [-0.25, -0.2) is 4.90 Å². The van der Waals surface area contributed by atoms with Crippen LogP contribution in [0, 0.1) is 11.8 Å². The van der Waals surface area contributed by atoms with Crippen molar-refractivity contribution in [1.82, 2.24) is 9.80 Å². The lowest BCUT2D eigenvalue weighted by Gasteiger charge is -2.21. The number of rotatable bonds is 0. The summed E-state index contributed by atoms with van der Waals surface area (Å²) >= 11 is 0. The molecule has 13 heavy (non-hydrogen) atoms. The van der Waals surface area contributed by atoms with Gasteiger partial charge in [-0.05, 0) is 18.9 Å². The molecule has 2 rings (SSSR count). The van der Waals surface area contributed by atoms with Crippen LogP contribution in [0.15, 0.2) is 0 Å². The van der Waals surface area contributed by atoms with Gasteiger partial charge < -0.3 is 4.90 Å². The monoisotopic (exact) mass is 194 g/mol. The molecule has 2 aliphatic rings. The van der Waals surface area contributed by atoms with Crippen LogP contribution in [0.25, 0.3) is 0 Å². The van der Waals surface area contributed by atoms with Crippen molar-refractivity contribution in [2.75, 3.05) is 33.2 Å². The molecule has 2 saturated heterocycles. The van der Waals surface area contributed by atoms with Gasteiger partial charge in [0.05, 0.1) is 0 Å². The minimum Gasteiger partial charge on any atom is -0.306 e. The third kappa shape index (κ3) is 1.67. The normalized spacial score (nSPS) is 36.9. The summed E-state index contributed by atoms with van der Waals surface area (Å²) < 4.78 is 36.8. The Hall–Kier alpha value is -0.290. The highest BCUT2D eigenvalue weighted by atomic mass is 19.4. The first-order valence-electron chi connectivity index (χ1n) is 4.47. The Kier molecular flexibility index (Phi) is 2.03. The van der Waals surface area contributed by atoms with E-state index in [4.69, 9.17) is 0 Å². The summed E-state index contributed by atoms with van der Waals surface area (Å²) in [6, 6.07) is 0. The van der Waals surface area contributed by atoms with Gasteiger partial charge in [0.25, 0.3) is 0 Å². The van der Waals surface area contributed by atoms with E-state index in [9.17, 15) is 13.2 Å². The maximum atomic E-state index is 12.3. The van der Waals surface area contributed by atoms with Crippen LogP contribution >= 0.6 is 0 Å². The number of fused-ring (bicyclic) bond motifs is 1. The summed E-state index contributed by atoms with van der Waals surface area (Å²) in [5, 5.41) is 0. The molecule has 76 valence electrons. The lowest BCUT2D eigenvalue weighted by molar-refractivity contribution is -0.240. The minimum atomic E-state index is -4.12. The second-order valence-corrected chi connectivity index (χ2v) is 4.11. The van der Waals surface area contributed by atoms with E-state index in [1.165, 1.54) is 0 Å². The predicted molar refractivity (Wildman–Crippen MR) is 42.1 cm³/mol. The number of alkyl halides is 3. The average molecular weight is 194 g/mol. The summed E-state index contributed by atoms with van der Waals surface area (Å²) in [5.41, 5.74) is 0. The van der Waals surface area contributed by atoms with Gasteiger partial charge in [-0.15, -0.1) is 0 Å². The summed E-state index contributed by atoms with van der Waals surface area (Å²) in [4.78, 5) is 2.76. The molecule has 0 amide bonds. The highest BCUT2D eigenvalue weighted by Gasteiger charge is 2.48. The Balaban J connectivity index is 1.98. The zero-order valence-corrected chi connectivity index (χ0v) is 7.51. The molecule has 5 heteroatoms. The largest absolute Gasteiger partial charge is 0.459 e. The van der Waals surface area contributed by atoms with E-state index in [1.807, 2.05) is 7.05 Å². The van der Waals surface area contributed by atoms with Crippen molar-refractivity contribution in [2.24, 2.45) is 11.8 Å². The smallest absolute Gasteiger partial charge is 0.306 e. The molecule has 0 saturated carbocycles. The van der Waals surface area contributed by atoms with Gasteiger partial charge in [0, 0.05) is 26.2 Å². The first kappa shape index (κ1) is 9.27. The molecular weight excluding hydrogens is 181 g/mol. The molecule has 0 aromatic rings. The molecule has 2 aliphatic heterocycles. The molecule has 0 radical (unpaired) electrons. The van der Waals surface area contributed by atoms with Crippen LogP contribution in [0.5, 0.6) is 0 Å². The maximum Gasteiger partial charge on any atom is 0.459 e. The zero-order valence-electron chi connectivity index (χ0n) is 7.51. The van der Waals surface area contributed by atoms with Crippen LogP contribution in [-0.2, 0) is 0 Å². The molecule has 2 heterocycles. The molecular formula is C8H13F3N2. The van der Waals surface area contributed by atoms with Gasteiger partial charge in [-0.3, -0.25) is 0 Å². The quantitative estimate of drug-likeness (QED) is 0.531. The predicted octanol–water partition coefficient (Wildman–Crippen LogP) is 1.000. The van der Waals surface area contributed by atoms with Crippen LogP contribution in [0.1, 0.15) is 0 Å². The Bertz CT molecular complexity index is 190. The van der Waals surface area contributed by atoms with Crippen LogP contribution in [0.2, 0.25) is 0 Å². The standard InChI is InChI=1S/C8H13F3N2/c1-12-2-6-4-13(8(9,10)11)5-7(6)3-12/h6-7H,2-5H2,1H3. The topological polar surface area (TPSA) is 6.48 Å². The Morgan fingerprint density at radius 1 is 1.00 bits per heavy atom. The van der Waals surface area contributed by atoms with E-state index < -0.39 is 6.30 Å². The van der Waals surface area contributed by atoms with Crippen LogP contribution in [0.4, 0.5) is 13.2 Å². The van der Waals surface area contributed by atoms with E-state index in [1.54, 1.807) is 0 Å². The summed E-state index contributed by atoms with van der Waals surface area (Å²) in [6.07, 6.45) is -4.12. The molecule has 0 N–H and O–H groups in total. The summed E-state index contributed by atoms with van der Waals surface area (Å²) in [6.45, 7) is 2.02. The molecule has 2 atom stereocenters. The maximum absolute atomic E-state index is 12.3. The van der Waals surface area contributed by atoms with Crippen LogP contribution < -0.4 is 0 Å². The minimum absolute atomic E-state index is 0.193. The van der Waals surface area contributed by atoms with Crippen molar-refractivity contribution < 1.29 is 13.2 Å². The van der Waals surface area contributed by atoms with Gasteiger partial charge >= 0.3 is 6.30 Å². The Labute approximate surface area is 75.3 Å². The summed E-state index contributed by atoms with van der Waals surface area (Å²) in [7, 11) is 1.97. The van der Waals surface area contributed by atoms with Gasteiger partial charge in [0.15, 0.2) is 0 Å². The molecule has 0 spiro atoms. The van der Waals surface area contributed by atoms with Crippen LogP contribution in [0.3, 0.4) is 0 Å². The second kappa shape index (κ2) is 2.85. The van der Waals surface area contributed by atoms with Crippen molar-refractivity contribution in [1.29, 1.82) is 0 Å². The molecule has 0 aromatic carbocycles. The molecule has 0 bridgehead atoms. The van der Waals surface area contributed by atoms with Gasteiger partial charge in [0.1, 0.15) is 0 Å². The lowest BCUT2D eigenvalue weighted by atomic mass is 10.0. The van der Waals surface area contributed by atoms with Crippen molar-refractivity contribution in [3.8, 4) is 0 Å². The number of hydrogen-bond acceptors (Lipinski definition) is 2. The third-order valence-electron chi connectivity index (χ3n) is 3.03. The van der Waals surface area contributed by atoms with Gasteiger partial charge in [-0.1, -0.05) is 0 Å². The molecule has 0 aromatic heterocycles. The third-order valence-corrected chi connectivity index (χ3v) is 3.03. The Morgan fingerprint density at radius 2 is 1.46 bits per heavy atom. The highest BCUT2D eigenvalue weighted by Crippen LogP contribution is 2.35.